The molecule has 1 heterocycles. The zero-order valence-electron chi connectivity index (χ0n) is 16.1. The van der Waals surface area contributed by atoms with E-state index in [1.165, 1.54) is 6.92 Å². The van der Waals surface area contributed by atoms with Crippen molar-refractivity contribution in [1.29, 1.82) is 0 Å². The van der Waals surface area contributed by atoms with Gasteiger partial charge in [-0.1, -0.05) is 36.4 Å². The van der Waals surface area contributed by atoms with Crippen LogP contribution >= 0.6 is 0 Å². The van der Waals surface area contributed by atoms with Crippen LogP contribution in [-0.2, 0) is 4.79 Å². The van der Waals surface area contributed by atoms with Crippen molar-refractivity contribution in [1.82, 2.24) is 4.98 Å². The van der Waals surface area contributed by atoms with Crippen LogP contribution < -0.4 is 16.2 Å². The first kappa shape index (κ1) is 17.9. The first-order chi connectivity index (χ1) is 14.5. The first-order valence-electron chi connectivity index (χ1n) is 9.51. The van der Waals surface area contributed by atoms with E-state index >= 15 is 0 Å². The maximum Gasteiger partial charge on any atom is 0.272 e. The fourth-order valence-corrected chi connectivity index (χ4v) is 3.96. The molecule has 1 aliphatic carbocycles. The number of carbonyl (C=O) groups is 2. The van der Waals surface area contributed by atoms with Gasteiger partial charge in [0.15, 0.2) is 5.78 Å². The average Bonchev–Trinajstić information content (AvgIpc) is 2.74. The van der Waals surface area contributed by atoms with Crippen LogP contribution in [0.25, 0.3) is 22.0 Å². The predicted molar refractivity (Wildman–Crippen MR) is 117 cm³/mol. The van der Waals surface area contributed by atoms with Gasteiger partial charge in [0.25, 0.3) is 5.56 Å². The molecule has 3 N–H and O–H groups in total. The van der Waals surface area contributed by atoms with Crippen molar-refractivity contribution in [3.05, 3.63) is 88.2 Å². The van der Waals surface area contributed by atoms with Crippen molar-refractivity contribution >= 4 is 39.7 Å². The van der Waals surface area contributed by atoms with Crippen LogP contribution in [0.5, 0.6) is 0 Å². The normalized spacial score (nSPS) is 11.8. The van der Waals surface area contributed by atoms with Gasteiger partial charge < -0.3 is 15.6 Å². The van der Waals surface area contributed by atoms with Crippen LogP contribution in [0.15, 0.2) is 71.5 Å². The molecule has 6 heteroatoms. The molecule has 1 aromatic heterocycles. The Bertz CT molecular complexity index is 1400. The molecule has 0 bridgehead atoms. The third kappa shape index (κ3) is 2.78. The Labute approximate surface area is 171 Å². The van der Waals surface area contributed by atoms with Gasteiger partial charge in [-0.25, -0.2) is 0 Å². The SMILES string of the molecule is CC(=O)Nc1ccc(Nc2c3c4c(cccc4[nH]c2=O)C(=O)c2ccccc2-3)cc1. The summed E-state index contributed by atoms with van der Waals surface area (Å²) in [6.45, 7) is 1.45. The van der Waals surface area contributed by atoms with Crippen LogP contribution in [0.1, 0.15) is 22.8 Å². The second-order valence-corrected chi connectivity index (χ2v) is 7.19. The summed E-state index contributed by atoms with van der Waals surface area (Å²) in [6, 6.07) is 19.8. The van der Waals surface area contributed by atoms with E-state index in [9.17, 15) is 14.4 Å². The third-order valence-corrected chi connectivity index (χ3v) is 5.20. The van der Waals surface area contributed by atoms with Gasteiger partial charge in [-0.3, -0.25) is 14.4 Å². The molecule has 6 nitrogen and oxygen atoms in total. The number of aromatic amines is 1. The Morgan fingerprint density at radius 1 is 0.800 bits per heavy atom. The molecule has 0 unspecified atom stereocenters. The Morgan fingerprint density at radius 2 is 1.47 bits per heavy atom. The summed E-state index contributed by atoms with van der Waals surface area (Å²) in [7, 11) is 0. The van der Waals surface area contributed by atoms with Crippen molar-refractivity contribution in [2.75, 3.05) is 10.6 Å². The number of fused-ring (bicyclic) bond motifs is 2. The standard InChI is InChI=1S/C24H17N3O3/c1-13(28)25-14-9-11-15(12-10-14)26-22-21-16-5-2-3-6-17(16)23(29)18-7-4-8-19(20(18)21)27-24(22)30/h2-12,26H,1H3,(H,25,28)(H,27,30). The number of anilines is 3. The molecule has 146 valence electrons. The van der Waals surface area contributed by atoms with E-state index in [-0.39, 0.29) is 17.2 Å². The predicted octanol–water partition coefficient (Wildman–Crippen LogP) is 4.44. The minimum absolute atomic E-state index is 0.0543. The van der Waals surface area contributed by atoms with Crippen LogP contribution in [0.2, 0.25) is 0 Å². The molecule has 30 heavy (non-hydrogen) atoms. The molecular weight excluding hydrogens is 378 g/mol. The highest BCUT2D eigenvalue weighted by molar-refractivity contribution is 6.26. The van der Waals surface area contributed by atoms with E-state index < -0.39 is 0 Å². The molecule has 4 aromatic rings. The monoisotopic (exact) mass is 395 g/mol. The molecule has 5 rings (SSSR count). The molecule has 0 aliphatic heterocycles. The van der Waals surface area contributed by atoms with Crippen LogP contribution in [0, 0.1) is 0 Å². The van der Waals surface area contributed by atoms with Gasteiger partial charge in [0.2, 0.25) is 5.91 Å². The molecule has 3 aromatic carbocycles. The largest absolute Gasteiger partial charge is 0.350 e. The summed E-state index contributed by atoms with van der Waals surface area (Å²) in [5.41, 5.74) is 4.68. The van der Waals surface area contributed by atoms with E-state index in [0.29, 0.717) is 39.3 Å². The number of hydrogen-bond donors (Lipinski definition) is 3. The van der Waals surface area contributed by atoms with Gasteiger partial charge in [0.1, 0.15) is 5.69 Å². The summed E-state index contributed by atoms with van der Waals surface area (Å²) in [6.07, 6.45) is 0. The molecule has 0 atom stereocenters. The van der Waals surface area contributed by atoms with Gasteiger partial charge in [-0.2, -0.15) is 0 Å². The number of rotatable bonds is 3. The smallest absolute Gasteiger partial charge is 0.272 e. The number of benzene rings is 3. The lowest BCUT2D eigenvalue weighted by Crippen LogP contribution is -2.18. The number of pyridine rings is 1. The zero-order chi connectivity index (χ0) is 20.8. The molecule has 1 aliphatic rings. The van der Waals surface area contributed by atoms with E-state index in [1.807, 2.05) is 18.2 Å². The van der Waals surface area contributed by atoms with Crippen molar-refractivity contribution in [3.63, 3.8) is 0 Å². The molecule has 0 radical (unpaired) electrons. The molecule has 0 saturated heterocycles. The molecule has 0 fully saturated rings. The van der Waals surface area contributed by atoms with Crippen LogP contribution in [-0.4, -0.2) is 16.7 Å². The van der Waals surface area contributed by atoms with E-state index in [0.717, 1.165) is 10.9 Å². The van der Waals surface area contributed by atoms with E-state index in [1.54, 1.807) is 48.5 Å². The summed E-state index contributed by atoms with van der Waals surface area (Å²) in [5, 5.41) is 6.66. The Morgan fingerprint density at radius 3 is 2.20 bits per heavy atom. The van der Waals surface area contributed by atoms with Crippen molar-refractivity contribution in [2.45, 2.75) is 6.92 Å². The number of nitrogens with one attached hydrogen (secondary N) is 3. The number of ketones is 1. The Kier molecular flexibility index (Phi) is 3.99. The summed E-state index contributed by atoms with van der Waals surface area (Å²) in [4.78, 5) is 40.1. The number of H-pyrrole nitrogens is 1. The minimum Gasteiger partial charge on any atom is -0.350 e. The lowest BCUT2D eigenvalue weighted by Gasteiger charge is -2.22. The Hall–Kier alpha value is -4.19. The quantitative estimate of drug-likeness (QED) is 0.421. The van der Waals surface area contributed by atoms with Crippen molar-refractivity contribution in [3.8, 4) is 11.1 Å². The minimum atomic E-state index is -0.273. The van der Waals surface area contributed by atoms with E-state index in [4.69, 9.17) is 0 Å². The highest BCUT2D eigenvalue weighted by atomic mass is 16.1. The molecule has 0 saturated carbocycles. The lowest BCUT2D eigenvalue weighted by atomic mass is 9.83. The number of carbonyl (C=O) groups excluding carboxylic acids is 2. The highest BCUT2D eigenvalue weighted by Crippen LogP contribution is 2.42. The average molecular weight is 395 g/mol. The van der Waals surface area contributed by atoms with Gasteiger partial charge >= 0.3 is 0 Å². The van der Waals surface area contributed by atoms with Gasteiger partial charge in [0.05, 0.1) is 0 Å². The van der Waals surface area contributed by atoms with Crippen LogP contribution in [0.3, 0.4) is 0 Å². The highest BCUT2D eigenvalue weighted by Gasteiger charge is 2.28. The topological polar surface area (TPSA) is 91.1 Å². The van der Waals surface area contributed by atoms with Crippen LogP contribution in [0.4, 0.5) is 17.1 Å². The summed E-state index contributed by atoms with van der Waals surface area (Å²) >= 11 is 0. The molecule has 0 spiro atoms. The van der Waals surface area contributed by atoms with Crippen molar-refractivity contribution in [2.24, 2.45) is 0 Å². The number of aromatic nitrogens is 1. The number of amides is 1. The fourth-order valence-electron chi connectivity index (χ4n) is 3.96. The third-order valence-electron chi connectivity index (χ3n) is 5.20. The van der Waals surface area contributed by atoms with E-state index in [2.05, 4.69) is 15.6 Å². The maximum absolute atomic E-state index is 13.0. The maximum atomic E-state index is 13.0. The van der Waals surface area contributed by atoms with Gasteiger partial charge in [-0.15, -0.1) is 0 Å². The van der Waals surface area contributed by atoms with Crippen molar-refractivity contribution < 1.29 is 9.59 Å². The fraction of sp³-hybridized carbons (Fsp3) is 0.0417. The van der Waals surface area contributed by atoms with Gasteiger partial charge in [-0.05, 0) is 35.9 Å². The van der Waals surface area contributed by atoms with Gasteiger partial charge in [0, 0.05) is 45.9 Å². The molecular formula is C24H17N3O3. The molecule has 1 amide bonds. The second kappa shape index (κ2) is 6.70. The summed E-state index contributed by atoms with van der Waals surface area (Å²) < 4.78 is 0. The number of hydrogen-bond acceptors (Lipinski definition) is 4. The zero-order valence-corrected chi connectivity index (χ0v) is 16.1. The summed E-state index contributed by atoms with van der Waals surface area (Å²) in [5.74, 6) is -0.207. The first-order valence-corrected chi connectivity index (χ1v) is 9.51. The Balaban J connectivity index is 1.72. The lowest BCUT2D eigenvalue weighted by molar-refractivity contribution is -0.114. The second-order valence-electron chi connectivity index (χ2n) is 7.19.